The molecule has 0 radical (unpaired) electrons. The van der Waals surface area contributed by atoms with Gasteiger partial charge in [-0.25, -0.2) is 0 Å². The van der Waals surface area contributed by atoms with Crippen LogP contribution in [0.1, 0.15) is 36.1 Å². The molecule has 1 fully saturated rings. The summed E-state index contributed by atoms with van der Waals surface area (Å²) >= 11 is 0. The summed E-state index contributed by atoms with van der Waals surface area (Å²) in [6, 6.07) is 16.8. The number of rotatable bonds is 8. The van der Waals surface area contributed by atoms with E-state index in [0.717, 1.165) is 12.0 Å². The quantitative estimate of drug-likeness (QED) is 0.304. The van der Waals surface area contributed by atoms with Crippen molar-refractivity contribution in [1.82, 2.24) is 9.88 Å². The summed E-state index contributed by atoms with van der Waals surface area (Å²) in [6.07, 6.45) is 4.18. The number of aromatic nitrogens is 1. The van der Waals surface area contributed by atoms with E-state index >= 15 is 0 Å². The Kier molecular flexibility index (Phi) is 6.92. The minimum atomic E-state index is -0.762. The molecular formula is C27H26N2O5. The van der Waals surface area contributed by atoms with Crippen molar-refractivity contribution < 1.29 is 24.2 Å². The number of amides is 1. The van der Waals surface area contributed by atoms with Crippen molar-refractivity contribution in [3.63, 3.8) is 0 Å². The number of Topliss-reactive ketones (excluding diaryl/α,β-unsaturated/α-hetero) is 1. The van der Waals surface area contributed by atoms with Gasteiger partial charge in [0.05, 0.1) is 25.3 Å². The summed E-state index contributed by atoms with van der Waals surface area (Å²) in [5.41, 5.74) is 1.94. The van der Waals surface area contributed by atoms with E-state index in [0.29, 0.717) is 29.2 Å². The maximum atomic E-state index is 13.2. The first-order valence-electron chi connectivity index (χ1n) is 11.1. The fourth-order valence-electron chi connectivity index (χ4n) is 3.95. The Balaban J connectivity index is 1.78. The Morgan fingerprint density at radius 3 is 2.35 bits per heavy atom. The summed E-state index contributed by atoms with van der Waals surface area (Å²) in [4.78, 5) is 31.8. The van der Waals surface area contributed by atoms with Gasteiger partial charge in [-0.05, 0) is 60.0 Å². The molecule has 2 aromatic carbocycles. The van der Waals surface area contributed by atoms with Crippen molar-refractivity contribution in [2.24, 2.45) is 0 Å². The molecule has 2 heterocycles. The van der Waals surface area contributed by atoms with Gasteiger partial charge in [0.2, 0.25) is 0 Å². The van der Waals surface area contributed by atoms with Crippen LogP contribution in [0.15, 0.2) is 78.6 Å². The molecule has 1 saturated heterocycles. The van der Waals surface area contributed by atoms with Gasteiger partial charge in [-0.15, -0.1) is 0 Å². The number of aliphatic hydroxyl groups excluding tert-OH is 1. The Morgan fingerprint density at radius 2 is 1.74 bits per heavy atom. The lowest BCUT2D eigenvalue weighted by Crippen LogP contribution is -2.29. The van der Waals surface area contributed by atoms with Gasteiger partial charge in [0, 0.05) is 24.5 Å². The number of ether oxygens (including phenoxy) is 2. The predicted octanol–water partition coefficient (Wildman–Crippen LogP) is 4.50. The molecule has 0 spiro atoms. The SMILES string of the molecule is CCCOc1ccc(/C(O)=C2/C(=O)C(=O)N(Cc3cccnc3)C2c2ccc(OC)cc2)cc1. The van der Waals surface area contributed by atoms with E-state index in [1.54, 1.807) is 74.1 Å². The molecule has 7 nitrogen and oxygen atoms in total. The number of pyridine rings is 1. The van der Waals surface area contributed by atoms with Crippen LogP contribution in [0.25, 0.3) is 5.76 Å². The molecular weight excluding hydrogens is 432 g/mol. The van der Waals surface area contributed by atoms with Crippen molar-refractivity contribution >= 4 is 17.4 Å². The number of hydrogen-bond acceptors (Lipinski definition) is 6. The summed E-state index contributed by atoms with van der Waals surface area (Å²) in [7, 11) is 1.57. The van der Waals surface area contributed by atoms with Gasteiger partial charge in [0.1, 0.15) is 17.3 Å². The number of carbonyl (C=O) groups is 2. The molecule has 1 amide bonds. The minimum Gasteiger partial charge on any atom is -0.507 e. The zero-order chi connectivity index (χ0) is 24.1. The monoisotopic (exact) mass is 458 g/mol. The highest BCUT2D eigenvalue weighted by molar-refractivity contribution is 6.46. The van der Waals surface area contributed by atoms with Gasteiger partial charge in [-0.1, -0.05) is 25.1 Å². The summed E-state index contributed by atoms with van der Waals surface area (Å²) in [5.74, 6) is -0.310. The lowest BCUT2D eigenvalue weighted by Gasteiger charge is -2.25. The maximum Gasteiger partial charge on any atom is 0.295 e. The van der Waals surface area contributed by atoms with Crippen LogP contribution in [0, 0.1) is 0 Å². The van der Waals surface area contributed by atoms with Gasteiger partial charge in [0.25, 0.3) is 11.7 Å². The van der Waals surface area contributed by atoms with Gasteiger partial charge in [-0.2, -0.15) is 0 Å². The topological polar surface area (TPSA) is 89.0 Å². The van der Waals surface area contributed by atoms with Crippen molar-refractivity contribution in [2.75, 3.05) is 13.7 Å². The highest BCUT2D eigenvalue weighted by Gasteiger charge is 2.46. The van der Waals surface area contributed by atoms with E-state index < -0.39 is 17.7 Å². The van der Waals surface area contributed by atoms with Crippen molar-refractivity contribution in [1.29, 1.82) is 0 Å². The van der Waals surface area contributed by atoms with Crippen molar-refractivity contribution in [3.05, 3.63) is 95.3 Å². The third-order valence-electron chi connectivity index (χ3n) is 5.65. The number of ketones is 1. The van der Waals surface area contributed by atoms with Crippen LogP contribution in [0.3, 0.4) is 0 Å². The van der Waals surface area contributed by atoms with E-state index in [9.17, 15) is 14.7 Å². The zero-order valence-electron chi connectivity index (χ0n) is 19.1. The second kappa shape index (κ2) is 10.2. The molecule has 1 atom stereocenters. The van der Waals surface area contributed by atoms with Crippen molar-refractivity contribution in [3.8, 4) is 11.5 Å². The molecule has 7 heteroatoms. The van der Waals surface area contributed by atoms with Gasteiger partial charge < -0.3 is 19.5 Å². The number of carbonyl (C=O) groups excluding carboxylic acids is 2. The van der Waals surface area contributed by atoms with Crippen LogP contribution in [-0.2, 0) is 16.1 Å². The average Bonchev–Trinajstić information content (AvgIpc) is 3.13. The van der Waals surface area contributed by atoms with Crippen LogP contribution < -0.4 is 9.47 Å². The summed E-state index contributed by atoms with van der Waals surface area (Å²) < 4.78 is 10.9. The van der Waals surface area contributed by atoms with E-state index in [1.165, 1.54) is 4.90 Å². The van der Waals surface area contributed by atoms with Crippen LogP contribution in [0.4, 0.5) is 0 Å². The number of hydrogen-bond donors (Lipinski definition) is 1. The van der Waals surface area contributed by atoms with Crippen LogP contribution in [0.2, 0.25) is 0 Å². The van der Waals surface area contributed by atoms with Crippen molar-refractivity contribution in [2.45, 2.75) is 25.9 Å². The second-order valence-electron chi connectivity index (χ2n) is 7.93. The maximum absolute atomic E-state index is 13.2. The highest BCUT2D eigenvalue weighted by Crippen LogP contribution is 2.40. The first-order chi connectivity index (χ1) is 16.5. The van der Waals surface area contributed by atoms with E-state index in [2.05, 4.69) is 4.98 Å². The Hall–Kier alpha value is -4.13. The lowest BCUT2D eigenvalue weighted by molar-refractivity contribution is -0.140. The molecule has 1 N–H and O–H groups in total. The molecule has 1 aromatic heterocycles. The van der Waals surface area contributed by atoms with E-state index in [1.807, 2.05) is 13.0 Å². The van der Waals surface area contributed by atoms with Gasteiger partial charge in [-0.3, -0.25) is 14.6 Å². The first kappa shape index (κ1) is 23.0. The summed E-state index contributed by atoms with van der Waals surface area (Å²) in [6.45, 7) is 2.78. The van der Waals surface area contributed by atoms with Crippen LogP contribution in [-0.4, -0.2) is 40.4 Å². The normalized spacial score (nSPS) is 17.1. The first-order valence-corrected chi connectivity index (χ1v) is 11.1. The number of aliphatic hydroxyl groups is 1. The smallest absolute Gasteiger partial charge is 0.295 e. The van der Waals surface area contributed by atoms with E-state index in [-0.39, 0.29) is 17.9 Å². The second-order valence-corrected chi connectivity index (χ2v) is 7.93. The Bertz CT molecular complexity index is 1190. The lowest BCUT2D eigenvalue weighted by atomic mass is 9.95. The predicted molar refractivity (Wildman–Crippen MR) is 127 cm³/mol. The molecule has 174 valence electrons. The number of benzene rings is 2. The number of likely N-dealkylation sites (tertiary alicyclic amines) is 1. The van der Waals surface area contributed by atoms with Crippen LogP contribution >= 0.6 is 0 Å². The largest absolute Gasteiger partial charge is 0.507 e. The molecule has 4 rings (SSSR count). The van der Waals surface area contributed by atoms with E-state index in [4.69, 9.17) is 9.47 Å². The number of nitrogens with zero attached hydrogens (tertiary/aromatic N) is 2. The fourth-order valence-corrected chi connectivity index (χ4v) is 3.95. The van der Waals surface area contributed by atoms with Crippen LogP contribution in [0.5, 0.6) is 11.5 Å². The molecule has 34 heavy (non-hydrogen) atoms. The molecule has 1 unspecified atom stereocenters. The highest BCUT2D eigenvalue weighted by atomic mass is 16.5. The Labute approximate surface area is 198 Å². The molecule has 1 aliphatic heterocycles. The molecule has 3 aromatic rings. The molecule has 0 aliphatic carbocycles. The Morgan fingerprint density at radius 1 is 1.03 bits per heavy atom. The third kappa shape index (κ3) is 4.64. The number of methoxy groups -OCH3 is 1. The third-order valence-corrected chi connectivity index (χ3v) is 5.65. The fraction of sp³-hybridized carbons (Fsp3) is 0.222. The standard InChI is InChI=1S/C27H26N2O5/c1-3-15-34-22-12-8-20(9-13-22)25(30)23-24(19-6-10-21(33-2)11-7-19)29(27(32)26(23)31)17-18-5-4-14-28-16-18/h4-14,16,24,30H,3,15,17H2,1-2H3/b25-23-. The van der Waals surface area contributed by atoms with Gasteiger partial charge >= 0.3 is 0 Å². The zero-order valence-corrected chi connectivity index (χ0v) is 19.1. The van der Waals surface area contributed by atoms with Gasteiger partial charge in [0.15, 0.2) is 0 Å². The molecule has 0 bridgehead atoms. The average molecular weight is 459 g/mol. The molecule has 1 aliphatic rings. The molecule has 0 saturated carbocycles. The summed E-state index contributed by atoms with van der Waals surface area (Å²) in [5, 5.41) is 11.2. The minimum absolute atomic E-state index is 0.0429.